The van der Waals surface area contributed by atoms with E-state index >= 15 is 0 Å². The molecule has 0 N–H and O–H groups in total. The number of aryl methyl sites for hydroxylation is 1. The molecule has 2 rings (SSSR count). The zero-order valence-corrected chi connectivity index (χ0v) is 13.4. The lowest BCUT2D eigenvalue weighted by Gasteiger charge is -2.09. The Balaban J connectivity index is 0.000000550. The molecule has 1 heterocycles. The van der Waals surface area contributed by atoms with Crippen LogP contribution in [0.3, 0.4) is 0 Å². The molecule has 0 saturated heterocycles. The van der Waals surface area contributed by atoms with E-state index in [9.17, 15) is 31.2 Å². The van der Waals surface area contributed by atoms with Crippen LogP contribution in [0.5, 0.6) is 0 Å². The van der Waals surface area contributed by atoms with Crippen molar-refractivity contribution in [2.24, 2.45) is 7.05 Å². The molecule has 0 radical (unpaired) electrons. The third-order valence-corrected chi connectivity index (χ3v) is 3.23. The average Bonchev–Trinajstić information content (AvgIpc) is 2.45. The molecule has 0 aliphatic heterocycles. The molecule has 0 unspecified atom stereocenters. The van der Waals surface area contributed by atoms with E-state index in [4.69, 9.17) is 17.0 Å². The van der Waals surface area contributed by atoms with Crippen molar-refractivity contribution in [3.63, 3.8) is 0 Å². The Morgan fingerprint density at radius 1 is 1.16 bits per heavy atom. The molecule has 0 amide bonds. The third kappa shape index (κ3) is 5.15. The van der Waals surface area contributed by atoms with Gasteiger partial charge in [0, 0.05) is 24.9 Å². The van der Waals surface area contributed by atoms with Gasteiger partial charge in [0.15, 0.2) is 4.98 Å². The van der Waals surface area contributed by atoms with E-state index in [2.05, 4.69) is 4.98 Å². The van der Waals surface area contributed by atoms with Gasteiger partial charge in [-0.2, -0.15) is 0 Å². The van der Waals surface area contributed by atoms with Gasteiger partial charge in [-0.25, -0.2) is 13.8 Å². The molecule has 0 bridgehead atoms. The molecule has 134 valence electrons. The zero-order valence-electron chi connectivity index (χ0n) is 12.7. The highest BCUT2D eigenvalue weighted by Crippen LogP contribution is 2.28. The molecular weight excluding hydrogens is 373 g/mol. The second-order valence-electron chi connectivity index (χ2n) is 4.65. The van der Waals surface area contributed by atoms with Crippen LogP contribution in [0.1, 0.15) is 5.69 Å². The second-order valence-corrected chi connectivity index (χ2v) is 5.06. The highest BCUT2D eigenvalue weighted by Gasteiger charge is 2.21. The molecule has 2 aromatic rings. The maximum atomic E-state index is 13.9. The van der Waals surface area contributed by atoms with Gasteiger partial charge in [0.05, 0.1) is 11.8 Å². The summed E-state index contributed by atoms with van der Waals surface area (Å²) >= 11 is 5.66. The van der Waals surface area contributed by atoms with Gasteiger partial charge in [-0.15, -0.1) is 0 Å². The smallest absolute Gasteiger partial charge is 0.418 e. The number of hydrogen-bond acceptors (Lipinski definition) is 3. The molecule has 0 atom stereocenters. The monoisotopic (exact) mass is 382 g/mol. The molecule has 0 spiro atoms. The van der Waals surface area contributed by atoms with Crippen LogP contribution in [0.2, 0.25) is 5.02 Å². The van der Waals surface area contributed by atoms with Crippen LogP contribution < -0.4 is 11.2 Å². The summed E-state index contributed by atoms with van der Waals surface area (Å²) in [5.74, 6) is -0.870. The van der Waals surface area contributed by atoms with Gasteiger partial charge >= 0.3 is 18.6 Å². The van der Waals surface area contributed by atoms with Crippen molar-refractivity contribution in [2.45, 2.75) is 6.92 Å². The first-order chi connectivity index (χ1) is 11.4. The fraction of sp³-hybridized carbons (Fsp3) is 0.167. The summed E-state index contributed by atoms with van der Waals surface area (Å²) in [4.78, 5) is 26.9. The summed E-state index contributed by atoms with van der Waals surface area (Å²) < 4.78 is 54.8. The number of rotatable bonds is 1. The van der Waals surface area contributed by atoms with Gasteiger partial charge in [-0.1, -0.05) is 11.6 Å². The summed E-state index contributed by atoms with van der Waals surface area (Å²) in [7, 11) is -4.54. The third-order valence-electron chi connectivity index (χ3n) is 2.92. The van der Waals surface area contributed by atoms with Gasteiger partial charge in [0.1, 0.15) is 10.8 Å². The quantitative estimate of drug-likeness (QED) is 0.431. The number of aromatic nitrogens is 2. The second kappa shape index (κ2) is 7.48. The number of benzene rings is 1. The van der Waals surface area contributed by atoms with Crippen LogP contribution in [0.25, 0.3) is 10.7 Å². The molecule has 13 heteroatoms. The summed E-state index contributed by atoms with van der Waals surface area (Å²) in [6, 6.07) is 3.10. The van der Waals surface area contributed by atoms with E-state index in [-0.39, 0.29) is 16.4 Å². The number of halogens is 6. The molecule has 0 aliphatic rings. The van der Waals surface area contributed by atoms with Gasteiger partial charge in [-0.05, 0) is 6.92 Å². The Labute approximate surface area is 141 Å². The SMILES string of the molecule is Cc1cc(=O)n(-c2cc([N+]#N)c(Cl)cc2F)c(=O)n1C.F[B-](F)(F)F. The van der Waals surface area contributed by atoms with Crippen molar-refractivity contribution in [1.82, 2.24) is 9.13 Å². The van der Waals surface area contributed by atoms with Gasteiger partial charge in [0.2, 0.25) is 5.39 Å². The van der Waals surface area contributed by atoms with E-state index < -0.39 is 24.3 Å². The minimum absolute atomic E-state index is 0.134. The maximum Gasteiger partial charge on any atom is 0.673 e. The molecule has 25 heavy (non-hydrogen) atoms. The zero-order chi connectivity index (χ0) is 19.5. The first-order valence-electron chi connectivity index (χ1n) is 6.38. The van der Waals surface area contributed by atoms with E-state index in [1.165, 1.54) is 17.7 Å². The first kappa shape index (κ1) is 20.4. The summed E-state index contributed by atoms with van der Waals surface area (Å²) in [6.45, 7) is 1.58. The summed E-state index contributed by atoms with van der Waals surface area (Å²) in [5.41, 5.74) is -1.42. The lowest BCUT2D eigenvalue weighted by molar-refractivity contribution is 0.368. The van der Waals surface area contributed by atoms with Crippen molar-refractivity contribution in [1.29, 1.82) is 5.39 Å². The van der Waals surface area contributed by atoms with Crippen molar-refractivity contribution in [3.05, 3.63) is 60.5 Å². The largest absolute Gasteiger partial charge is 0.673 e. The average molecular weight is 382 g/mol. The Kier molecular flexibility index (Phi) is 6.09. The van der Waals surface area contributed by atoms with Crippen molar-refractivity contribution >= 4 is 24.5 Å². The van der Waals surface area contributed by atoms with Crippen molar-refractivity contribution in [2.75, 3.05) is 0 Å². The Morgan fingerprint density at radius 3 is 2.16 bits per heavy atom. The van der Waals surface area contributed by atoms with Crippen LogP contribution in [-0.4, -0.2) is 16.4 Å². The lowest BCUT2D eigenvalue weighted by Crippen LogP contribution is -2.38. The predicted molar refractivity (Wildman–Crippen MR) is 81.9 cm³/mol. The minimum Gasteiger partial charge on any atom is -0.418 e. The van der Waals surface area contributed by atoms with Crippen LogP contribution in [0, 0.1) is 18.1 Å². The van der Waals surface area contributed by atoms with Gasteiger partial charge in [0.25, 0.3) is 5.56 Å². The Bertz CT molecular complexity index is 958. The predicted octanol–water partition coefficient (Wildman–Crippen LogP) is 3.42. The molecular formula is C12H9BClF5N4O2. The molecule has 1 aromatic heterocycles. The lowest BCUT2D eigenvalue weighted by atomic mass is 10.2. The van der Waals surface area contributed by atoms with Crippen LogP contribution in [0.4, 0.5) is 27.3 Å². The molecule has 0 fully saturated rings. The maximum absolute atomic E-state index is 13.9. The molecule has 1 aromatic carbocycles. The fourth-order valence-corrected chi connectivity index (χ4v) is 1.92. The Hall–Kier alpha value is -2.68. The number of nitrogens with zero attached hydrogens (tertiary/aromatic N) is 4. The Morgan fingerprint density at radius 2 is 1.68 bits per heavy atom. The number of hydrogen-bond donors (Lipinski definition) is 0. The highest BCUT2D eigenvalue weighted by atomic mass is 35.5. The van der Waals surface area contributed by atoms with Gasteiger partial charge in [-0.3, -0.25) is 4.79 Å². The standard InChI is InChI=1S/C12H9ClFN4O2.BF4/c1-6-3-11(19)18(12(20)17(6)2)10-5-9(16-15)7(13)4-8(10)14;2-1(3,4)5/h3-5H,1-2H3;/q+1;-1. The van der Waals surface area contributed by atoms with E-state index in [0.29, 0.717) is 10.3 Å². The van der Waals surface area contributed by atoms with Crippen LogP contribution in [0.15, 0.2) is 27.8 Å². The van der Waals surface area contributed by atoms with E-state index in [0.717, 1.165) is 12.1 Å². The normalized spacial score (nSPS) is 10.7. The van der Waals surface area contributed by atoms with Crippen molar-refractivity contribution in [3.8, 4) is 5.69 Å². The van der Waals surface area contributed by atoms with Crippen LogP contribution in [-0.2, 0) is 7.05 Å². The fourth-order valence-electron chi connectivity index (χ4n) is 1.73. The minimum atomic E-state index is -6.00. The van der Waals surface area contributed by atoms with Crippen LogP contribution >= 0.6 is 11.6 Å². The topological polar surface area (TPSA) is 72.2 Å². The highest BCUT2D eigenvalue weighted by molar-refractivity contribution is 6.50. The van der Waals surface area contributed by atoms with E-state index in [1.54, 1.807) is 6.92 Å². The summed E-state index contributed by atoms with van der Waals surface area (Å²) in [6.07, 6.45) is 0. The molecule has 0 saturated carbocycles. The molecule has 0 aliphatic carbocycles. The summed E-state index contributed by atoms with van der Waals surface area (Å²) in [5, 5.41) is 8.63. The number of diazo groups is 1. The molecule has 6 nitrogen and oxygen atoms in total. The first-order valence-corrected chi connectivity index (χ1v) is 6.76. The van der Waals surface area contributed by atoms with Crippen molar-refractivity contribution < 1.29 is 21.7 Å². The van der Waals surface area contributed by atoms with Gasteiger partial charge < -0.3 is 21.8 Å². The van der Waals surface area contributed by atoms with E-state index in [1.807, 2.05) is 0 Å².